The van der Waals surface area contributed by atoms with Crippen LogP contribution in [0.5, 0.6) is 0 Å². The second kappa shape index (κ2) is 3.33. The molecule has 0 aliphatic heterocycles. The fourth-order valence-electron chi connectivity index (χ4n) is 1.00. The Kier molecular flexibility index (Phi) is 2.32. The Bertz CT molecular complexity index is 433. The van der Waals surface area contributed by atoms with Crippen molar-refractivity contribution < 1.29 is 0 Å². The van der Waals surface area contributed by atoms with Gasteiger partial charge in [-0.05, 0) is 6.07 Å². The van der Waals surface area contributed by atoms with Crippen LogP contribution in [0.3, 0.4) is 0 Å². The fraction of sp³-hybridized carbons (Fsp3) is 0.125. The number of nitrogens with zero attached hydrogens (tertiary/aromatic N) is 2. The molecular formula is C8H5Cl2N2S. The van der Waals surface area contributed by atoms with Gasteiger partial charge in [0.1, 0.15) is 10.0 Å². The van der Waals surface area contributed by atoms with Gasteiger partial charge in [0.05, 0.1) is 4.34 Å². The maximum absolute atomic E-state index is 5.95. The fourth-order valence-corrected chi connectivity index (χ4v) is 2.47. The van der Waals surface area contributed by atoms with Crippen LogP contribution in [-0.2, 0) is 7.05 Å². The largest absolute Gasteiger partial charge is 0.275 e. The van der Waals surface area contributed by atoms with E-state index in [0.717, 1.165) is 11.3 Å². The highest BCUT2D eigenvalue weighted by Gasteiger charge is 2.10. The molecule has 5 heteroatoms. The summed E-state index contributed by atoms with van der Waals surface area (Å²) in [7, 11) is 1.84. The van der Waals surface area contributed by atoms with Crippen LogP contribution in [0.4, 0.5) is 0 Å². The second-order valence-electron chi connectivity index (χ2n) is 2.53. The van der Waals surface area contributed by atoms with E-state index in [-0.39, 0.29) is 0 Å². The van der Waals surface area contributed by atoms with Crippen LogP contribution in [-0.4, -0.2) is 9.78 Å². The zero-order valence-corrected chi connectivity index (χ0v) is 9.04. The molecule has 0 aliphatic carbocycles. The highest BCUT2D eigenvalue weighted by atomic mass is 35.5. The van der Waals surface area contributed by atoms with Crippen LogP contribution in [0, 0.1) is 6.07 Å². The Morgan fingerprint density at radius 3 is 2.77 bits per heavy atom. The zero-order valence-electron chi connectivity index (χ0n) is 6.71. The first-order valence-corrected chi connectivity index (χ1v) is 5.10. The lowest BCUT2D eigenvalue weighted by molar-refractivity contribution is 0.771. The Balaban J connectivity index is 2.51. The van der Waals surface area contributed by atoms with Gasteiger partial charge in [-0.25, -0.2) is 0 Å². The normalized spacial score (nSPS) is 10.7. The van der Waals surface area contributed by atoms with Crippen LogP contribution >= 0.6 is 34.5 Å². The van der Waals surface area contributed by atoms with Gasteiger partial charge in [0.2, 0.25) is 0 Å². The van der Waals surface area contributed by atoms with Gasteiger partial charge >= 0.3 is 0 Å². The first kappa shape index (κ1) is 9.06. The summed E-state index contributed by atoms with van der Waals surface area (Å²) >= 11 is 13.1. The van der Waals surface area contributed by atoms with Gasteiger partial charge in [-0.15, -0.1) is 11.3 Å². The Hall–Kier alpha value is -0.510. The summed E-state index contributed by atoms with van der Waals surface area (Å²) in [6.07, 6.45) is 1.75. The number of aryl methyl sites for hydroxylation is 1. The Labute approximate surface area is 89.7 Å². The first-order valence-electron chi connectivity index (χ1n) is 3.53. The summed E-state index contributed by atoms with van der Waals surface area (Å²) < 4.78 is 3.00. The number of aromatic nitrogens is 2. The lowest BCUT2D eigenvalue weighted by Gasteiger charge is -1.90. The Morgan fingerprint density at radius 2 is 2.31 bits per heavy atom. The van der Waals surface area contributed by atoms with Crippen molar-refractivity contribution >= 4 is 34.5 Å². The molecule has 13 heavy (non-hydrogen) atoms. The zero-order chi connectivity index (χ0) is 9.42. The molecule has 1 radical (unpaired) electrons. The third-order valence-electron chi connectivity index (χ3n) is 1.56. The first-order chi connectivity index (χ1) is 6.16. The quantitative estimate of drug-likeness (QED) is 0.737. The van der Waals surface area contributed by atoms with Crippen molar-refractivity contribution in [3.8, 4) is 11.3 Å². The van der Waals surface area contributed by atoms with E-state index in [1.54, 1.807) is 16.9 Å². The van der Waals surface area contributed by atoms with E-state index >= 15 is 0 Å². The van der Waals surface area contributed by atoms with Crippen molar-refractivity contribution in [2.45, 2.75) is 0 Å². The van der Waals surface area contributed by atoms with Crippen molar-refractivity contribution in [1.29, 1.82) is 0 Å². The number of hydrogen-bond acceptors (Lipinski definition) is 2. The molecule has 0 spiro atoms. The molecule has 2 nitrogen and oxygen atoms in total. The van der Waals surface area contributed by atoms with Crippen LogP contribution in [0.1, 0.15) is 0 Å². The SMILES string of the molecule is Cn1c[c]c(-c2cc(Cl)sc2Cl)n1. The average molecular weight is 232 g/mol. The van der Waals surface area contributed by atoms with E-state index in [2.05, 4.69) is 11.2 Å². The molecule has 67 valence electrons. The molecular weight excluding hydrogens is 227 g/mol. The van der Waals surface area contributed by atoms with Crippen molar-refractivity contribution in [1.82, 2.24) is 9.78 Å². The van der Waals surface area contributed by atoms with Crippen molar-refractivity contribution in [2.24, 2.45) is 7.05 Å². The van der Waals surface area contributed by atoms with E-state index in [0.29, 0.717) is 8.67 Å². The molecule has 0 amide bonds. The maximum atomic E-state index is 5.95. The van der Waals surface area contributed by atoms with Crippen molar-refractivity contribution in [2.75, 3.05) is 0 Å². The van der Waals surface area contributed by atoms with Gasteiger partial charge in [0.25, 0.3) is 0 Å². The van der Waals surface area contributed by atoms with Gasteiger partial charge < -0.3 is 0 Å². The molecule has 2 rings (SSSR count). The molecule has 0 saturated carbocycles. The van der Waals surface area contributed by atoms with Gasteiger partial charge in [-0.1, -0.05) is 23.2 Å². The second-order valence-corrected chi connectivity index (χ2v) is 4.82. The third-order valence-corrected chi connectivity index (χ3v) is 3.05. The minimum atomic E-state index is 0.653. The predicted octanol–water partition coefficient (Wildman–Crippen LogP) is 3.26. The summed E-state index contributed by atoms with van der Waals surface area (Å²) in [5.74, 6) is 0. The molecule has 0 atom stereocenters. The lowest BCUT2D eigenvalue weighted by Crippen LogP contribution is -1.86. The molecule has 2 aromatic rings. The summed E-state index contributed by atoms with van der Waals surface area (Å²) in [6, 6.07) is 4.79. The molecule has 0 saturated heterocycles. The molecule has 2 heterocycles. The monoisotopic (exact) mass is 231 g/mol. The number of rotatable bonds is 1. The highest BCUT2D eigenvalue weighted by Crippen LogP contribution is 2.36. The third kappa shape index (κ3) is 1.73. The van der Waals surface area contributed by atoms with Gasteiger partial charge in [-0.3, -0.25) is 4.68 Å². The summed E-state index contributed by atoms with van der Waals surface area (Å²) in [5.41, 5.74) is 1.58. The van der Waals surface area contributed by atoms with E-state index < -0.39 is 0 Å². The minimum absolute atomic E-state index is 0.653. The number of thiophene rings is 1. The van der Waals surface area contributed by atoms with Gasteiger partial charge in [0, 0.05) is 24.9 Å². The van der Waals surface area contributed by atoms with Crippen LogP contribution in [0.25, 0.3) is 11.3 Å². The van der Waals surface area contributed by atoms with Crippen LogP contribution < -0.4 is 0 Å². The standard InChI is InChI=1S/C8H5Cl2N2S/c1-12-3-2-6(11-12)5-4-7(9)13-8(5)10/h3-4H,1H3. The number of halogens is 2. The predicted molar refractivity (Wildman–Crippen MR) is 55.4 cm³/mol. The van der Waals surface area contributed by atoms with E-state index in [9.17, 15) is 0 Å². The molecule has 0 unspecified atom stereocenters. The van der Waals surface area contributed by atoms with Crippen molar-refractivity contribution in [3.05, 3.63) is 27.0 Å². The lowest BCUT2D eigenvalue weighted by atomic mass is 10.2. The molecule has 0 fully saturated rings. The van der Waals surface area contributed by atoms with E-state index in [4.69, 9.17) is 23.2 Å². The van der Waals surface area contributed by atoms with Crippen LogP contribution in [0.15, 0.2) is 12.3 Å². The summed E-state index contributed by atoms with van der Waals surface area (Å²) in [5, 5.41) is 4.18. The molecule has 2 aromatic heterocycles. The molecule has 0 bridgehead atoms. The van der Waals surface area contributed by atoms with Gasteiger partial charge in [-0.2, -0.15) is 5.10 Å². The summed E-state index contributed by atoms with van der Waals surface area (Å²) in [4.78, 5) is 0. The summed E-state index contributed by atoms with van der Waals surface area (Å²) in [6.45, 7) is 0. The number of hydrogen-bond donors (Lipinski definition) is 0. The van der Waals surface area contributed by atoms with E-state index in [1.165, 1.54) is 11.3 Å². The average Bonchev–Trinajstić information content (AvgIpc) is 2.58. The maximum Gasteiger partial charge on any atom is 0.104 e. The smallest absolute Gasteiger partial charge is 0.104 e. The Morgan fingerprint density at radius 1 is 1.54 bits per heavy atom. The van der Waals surface area contributed by atoms with Crippen molar-refractivity contribution in [3.63, 3.8) is 0 Å². The van der Waals surface area contributed by atoms with E-state index in [1.807, 2.05) is 7.05 Å². The highest BCUT2D eigenvalue weighted by molar-refractivity contribution is 7.20. The minimum Gasteiger partial charge on any atom is -0.275 e. The molecule has 0 N–H and O–H groups in total. The topological polar surface area (TPSA) is 17.8 Å². The van der Waals surface area contributed by atoms with Gasteiger partial charge in [0.15, 0.2) is 0 Å². The van der Waals surface area contributed by atoms with Crippen LogP contribution in [0.2, 0.25) is 8.67 Å². The molecule has 0 aliphatic rings. The molecule has 0 aromatic carbocycles.